The first kappa shape index (κ1) is 20.2. The third kappa shape index (κ3) is 5.51. The average Bonchev–Trinajstić information content (AvgIpc) is 2.11. The number of benzene rings is 1. The van der Waals surface area contributed by atoms with Gasteiger partial charge in [0.15, 0.2) is 0 Å². The number of rotatable bonds is 2. The van der Waals surface area contributed by atoms with Gasteiger partial charge in [-0.1, -0.05) is 59.7 Å². The summed E-state index contributed by atoms with van der Waals surface area (Å²) in [6, 6.07) is 5.59. The van der Waals surface area contributed by atoms with Crippen LogP contribution in [-0.2, 0) is 15.4 Å². The minimum absolute atomic E-state index is 0. The molecule has 2 N–H and O–H groups in total. The number of phosphoric ester groups is 1. The third-order valence-electron chi connectivity index (χ3n) is 2.84. The van der Waals surface area contributed by atoms with Crippen LogP contribution in [0.1, 0.15) is 52.7 Å². The molecule has 0 fully saturated rings. The quantitative estimate of drug-likeness (QED) is 0.650. The molecule has 6 heteroatoms. The summed E-state index contributed by atoms with van der Waals surface area (Å²) in [6.45, 7) is 11.9. The van der Waals surface area contributed by atoms with E-state index >= 15 is 0 Å². The standard InChI is InChI=1S/C14H23O4P.Na.H/c1-13(2,3)10-8-7-9-11(14(4,5)6)12(10)18-19(15,16)17;;/h7-9H,1-6H3,(H2,15,16,17);;. The summed E-state index contributed by atoms with van der Waals surface area (Å²) in [4.78, 5) is 18.3. The molecule has 20 heavy (non-hydrogen) atoms. The van der Waals surface area contributed by atoms with Gasteiger partial charge < -0.3 is 4.52 Å². The average molecular weight is 310 g/mol. The summed E-state index contributed by atoms with van der Waals surface area (Å²) < 4.78 is 16.2. The molecule has 0 saturated heterocycles. The summed E-state index contributed by atoms with van der Waals surface area (Å²) in [5, 5.41) is 0. The molecule has 110 valence electrons. The van der Waals surface area contributed by atoms with Crippen LogP contribution in [0, 0.1) is 0 Å². The van der Waals surface area contributed by atoms with Crippen molar-refractivity contribution in [3.8, 4) is 5.75 Å². The molecule has 0 radical (unpaired) electrons. The summed E-state index contributed by atoms with van der Waals surface area (Å²) in [5.41, 5.74) is 1.07. The SMILES string of the molecule is CC(C)(C)c1cccc(C(C)(C)C)c1OP(=O)(O)O.[NaH]. The van der Waals surface area contributed by atoms with Crippen molar-refractivity contribution in [1.82, 2.24) is 0 Å². The van der Waals surface area contributed by atoms with Gasteiger partial charge in [0.1, 0.15) is 5.75 Å². The van der Waals surface area contributed by atoms with Crippen molar-refractivity contribution in [2.75, 3.05) is 0 Å². The van der Waals surface area contributed by atoms with Crippen LogP contribution in [-0.4, -0.2) is 39.3 Å². The molecule has 0 aromatic heterocycles. The Labute approximate surface area is 143 Å². The van der Waals surface area contributed by atoms with Crippen LogP contribution in [0.15, 0.2) is 18.2 Å². The number of para-hydroxylation sites is 1. The molecule has 0 spiro atoms. The predicted molar refractivity (Wildman–Crippen MR) is 83.7 cm³/mol. The van der Waals surface area contributed by atoms with Gasteiger partial charge in [-0.05, 0) is 10.8 Å². The Morgan fingerprint density at radius 2 is 1.30 bits per heavy atom. The van der Waals surface area contributed by atoms with Gasteiger partial charge in [-0.25, -0.2) is 4.57 Å². The Morgan fingerprint density at radius 3 is 1.55 bits per heavy atom. The molecule has 1 aromatic rings. The fourth-order valence-corrected chi connectivity index (χ4v) is 2.37. The van der Waals surface area contributed by atoms with E-state index in [-0.39, 0.29) is 40.4 Å². The normalized spacial score (nSPS) is 12.8. The molecular weight excluding hydrogens is 286 g/mol. The molecule has 1 rings (SSSR count). The molecule has 1 aromatic carbocycles. The molecule has 0 unspecified atom stereocenters. The van der Waals surface area contributed by atoms with Gasteiger partial charge in [0.2, 0.25) is 0 Å². The zero-order valence-corrected chi connectivity index (χ0v) is 13.3. The molecule has 0 aliphatic rings. The van der Waals surface area contributed by atoms with Crippen LogP contribution < -0.4 is 4.52 Å². The molecule has 0 aliphatic heterocycles. The maximum atomic E-state index is 11.2. The van der Waals surface area contributed by atoms with E-state index in [1.165, 1.54) is 0 Å². The van der Waals surface area contributed by atoms with E-state index in [0.717, 1.165) is 11.1 Å². The van der Waals surface area contributed by atoms with Gasteiger partial charge in [0.25, 0.3) is 0 Å². The van der Waals surface area contributed by atoms with E-state index in [1.54, 1.807) is 0 Å². The van der Waals surface area contributed by atoms with Gasteiger partial charge in [-0.3, -0.25) is 9.79 Å². The van der Waals surface area contributed by atoms with Gasteiger partial charge in [-0.2, -0.15) is 0 Å². The summed E-state index contributed by atoms with van der Waals surface area (Å²) in [6.07, 6.45) is 0. The van der Waals surface area contributed by atoms with Crippen molar-refractivity contribution >= 4 is 37.4 Å². The maximum absolute atomic E-state index is 11.2. The second kappa shape index (κ2) is 6.51. The van der Waals surface area contributed by atoms with Crippen LogP contribution in [0.2, 0.25) is 0 Å². The Kier molecular flexibility index (Phi) is 6.57. The topological polar surface area (TPSA) is 66.8 Å². The minimum atomic E-state index is -4.58. The number of hydrogen-bond donors (Lipinski definition) is 2. The van der Waals surface area contributed by atoms with Gasteiger partial charge in [-0.15, -0.1) is 0 Å². The van der Waals surface area contributed by atoms with E-state index < -0.39 is 7.82 Å². The summed E-state index contributed by atoms with van der Waals surface area (Å²) in [7, 11) is -4.58. The van der Waals surface area contributed by atoms with Gasteiger partial charge in [0, 0.05) is 11.1 Å². The fraction of sp³-hybridized carbons (Fsp3) is 0.571. The van der Waals surface area contributed by atoms with Crippen LogP contribution in [0.25, 0.3) is 0 Å². The molecule has 0 aliphatic carbocycles. The molecule has 0 atom stereocenters. The van der Waals surface area contributed by atoms with E-state index in [9.17, 15) is 4.57 Å². The van der Waals surface area contributed by atoms with E-state index in [2.05, 4.69) is 0 Å². The first-order valence-corrected chi connectivity index (χ1v) is 7.74. The van der Waals surface area contributed by atoms with Crippen molar-refractivity contribution in [1.29, 1.82) is 0 Å². The first-order chi connectivity index (χ1) is 8.32. The molecular formula is C14H24NaO4P. The van der Waals surface area contributed by atoms with E-state index in [1.807, 2.05) is 59.7 Å². The second-order valence-electron chi connectivity index (χ2n) is 6.76. The molecule has 0 bridgehead atoms. The van der Waals surface area contributed by atoms with Gasteiger partial charge in [0.05, 0.1) is 0 Å². The van der Waals surface area contributed by atoms with Crippen molar-refractivity contribution in [2.24, 2.45) is 0 Å². The predicted octanol–water partition coefficient (Wildman–Crippen LogP) is 3.10. The number of hydrogen-bond acceptors (Lipinski definition) is 2. The van der Waals surface area contributed by atoms with Gasteiger partial charge >= 0.3 is 37.4 Å². The molecule has 4 nitrogen and oxygen atoms in total. The Morgan fingerprint density at radius 1 is 0.950 bits per heavy atom. The van der Waals surface area contributed by atoms with Crippen LogP contribution in [0.4, 0.5) is 0 Å². The Balaban J connectivity index is 0.00000361. The van der Waals surface area contributed by atoms with Crippen LogP contribution >= 0.6 is 7.82 Å². The fourth-order valence-electron chi connectivity index (χ4n) is 1.94. The zero-order valence-electron chi connectivity index (χ0n) is 12.4. The summed E-state index contributed by atoms with van der Waals surface area (Å²) >= 11 is 0. The van der Waals surface area contributed by atoms with Crippen LogP contribution in [0.5, 0.6) is 5.75 Å². The molecule has 0 amide bonds. The van der Waals surface area contributed by atoms with Crippen molar-refractivity contribution in [2.45, 2.75) is 52.4 Å². The monoisotopic (exact) mass is 310 g/mol. The second-order valence-corrected chi connectivity index (χ2v) is 7.93. The van der Waals surface area contributed by atoms with Crippen molar-refractivity contribution in [3.05, 3.63) is 29.3 Å². The number of phosphoric acid groups is 1. The van der Waals surface area contributed by atoms with E-state index in [0.29, 0.717) is 5.75 Å². The third-order valence-corrected chi connectivity index (χ3v) is 3.26. The zero-order chi connectivity index (χ0) is 15.1. The molecule has 0 heterocycles. The van der Waals surface area contributed by atoms with Crippen LogP contribution in [0.3, 0.4) is 0 Å². The van der Waals surface area contributed by atoms with Crippen molar-refractivity contribution < 1.29 is 18.9 Å². The Bertz CT molecular complexity index is 477. The van der Waals surface area contributed by atoms with E-state index in [4.69, 9.17) is 14.3 Å². The molecule has 0 saturated carbocycles. The Hall–Kier alpha value is 0.170. The summed E-state index contributed by atoms with van der Waals surface area (Å²) in [5.74, 6) is 0.302. The first-order valence-electron chi connectivity index (χ1n) is 6.21. The van der Waals surface area contributed by atoms with Crippen molar-refractivity contribution in [3.63, 3.8) is 0 Å².